The van der Waals surface area contributed by atoms with Crippen LogP contribution in [0.5, 0.6) is 5.75 Å². The Morgan fingerprint density at radius 2 is 2.05 bits per heavy atom. The Morgan fingerprint density at radius 1 is 1.32 bits per heavy atom. The minimum atomic E-state index is -3.59. The summed E-state index contributed by atoms with van der Waals surface area (Å²) in [4.78, 5) is 11.8. The highest BCUT2D eigenvalue weighted by atomic mass is 32.2. The van der Waals surface area contributed by atoms with Crippen LogP contribution in [0.4, 0.5) is 0 Å². The van der Waals surface area contributed by atoms with Gasteiger partial charge in [0.2, 0.25) is 15.9 Å². The van der Waals surface area contributed by atoms with E-state index in [1.165, 1.54) is 19.2 Å². The van der Waals surface area contributed by atoms with Crippen molar-refractivity contribution in [1.29, 1.82) is 0 Å². The number of benzene rings is 1. The van der Waals surface area contributed by atoms with Crippen LogP contribution < -0.4 is 14.8 Å². The maximum atomic E-state index is 12.0. The number of carbonyl (C=O) groups is 1. The third-order valence-electron chi connectivity index (χ3n) is 3.31. The number of hydrogen-bond acceptors (Lipinski definition) is 5. The topological polar surface area (TPSA) is 93.7 Å². The van der Waals surface area contributed by atoms with E-state index in [0.717, 1.165) is 6.42 Å². The summed E-state index contributed by atoms with van der Waals surface area (Å²) in [6.07, 6.45) is 1.18. The number of carbonyl (C=O) groups excluding carboxylic acids is 1. The Morgan fingerprint density at radius 3 is 2.64 bits per heavy atom. The summed E-state index contributed by atoms with van der Waals surface area (Å²) in [5.74, 6) is 0.393. The first-order chi connectivity index (χ1) is 10.5. The van der Waals surface area contributed by atoms with Gasteiger partial charge in [0.1, 0.15) is 11.9 Å². The Kier molecular flexibility index (Phi) is 5.76. The first-order valence-electron chi connectivity index (χ1n) is 7.06. The average molecular weight is 328 g/mol. The lowest BCUT2D eigenvalue weighted by atomic mass is 10.2. The zero-order chi connectivity index (χ0) is 16.0. The van der Waals surface area contributed by atoms with Gasteiger partial charge in [0.05, 0.1) is 12.0 Å². The molecule has 0 aromatic heterocycles. The van der Waals surface area contributed by atoms with E-state index < -0.39 is 16.1 Å². The molecule has 0 aliphatic carbocycles. The molecule has 2 rings (SSSR count). The van der Waals surface area contributed by atoms with Crippen molar-refractivity contribution < 1.29 is 22.7 Å². The first-order valence-corrected chi connectivity index (χ1v) is 8.54. The molecule has 1 aliphatic heterocycles. The van der Waals surface area contributed by atoms with Gasteiger partial charge in [-0.05, 0) is 37.1 Å². The van der Waals surface area contributed by atoms with Crippen LogP contribution in [0.1, 0.15) is 12.8 Å². The summed E-state index contributed by atoms with van der Waals surface area (Å²) in [6, 6.07) is 6.08. The van der Waals surface area contributed by atoms with E-state index in [2.05, 4.69) is 10.0 Å². The van der Waals surface area contributed by atoms with Gasteiger partial charge in [0.15, 0.2) is 0 Å². The maximum Gasteiger partial charge on any atom is 0.249 e. The number of methoxy groups -OCH3 is 1. The van der Waals surface area contributed by atoms with Crippen LogP contribution >= 0.6 is 0 Å². The molecular formula is C14H20N2O5S. The fraction of sp³-hybridized carbons (Fsp3) is 0.500. The molecule has 122 valence electrons. The number of sulfonamides is 1. The van der Waals surface area contributed by atoms with Gasteiger partial charge in [-0.15, -0.1) is 0 Å². The van der Waals surface area contributed by atoms with Gasteiger partial charge in [0.25, 0.3) is 0 Å². The van der Waals surface area contributed by atoms with Crippen LogP contribution in [0.2, 0.25) is 0 Å². The molecule has 1 heterocycles. The van der Waals surface area contributed by atoms with Gasteiger partial charge in [-0.2, -0.15) is 0 Å². The van der Waals surface area contributed by atoms with Gasteiger partial charge in [-0.25, -0.2) is 13.1 Å². The van der Waals surface area contributed by atoms with Crippen molar-refractivity contribution >= 4 is 15.9 Å². The molecule has 1 unspecified atom stereocenters. The number of rotatable bonds is 7. The monoisotopic (exact) mass is 328 g/mol. The zero-order valence-corrected chi connectivity index (χ0v) is 13.2. The molecule has 1 aromatic rings. The molecule has 0 radical (unpaired) electrons. The molecule has 8 heteroatoms. The highest BCUT2D eigenvalue weighted by molar-refractivity contribution is 7.89. The van der Waals surface area contributed by atoms with E-state index in [9.17, 15) is 13.2 Å². The Labute approximate surface area is 130 Å². The lowest BCUT2D eigenvalue weighted by Gasteiger charge is -2.11. The third-order valence-corrected chi connectivity index (χ3v) is 4.79. The molecule has 1 fully saturated rings. The van der Waals surface area contributed by atoms with Gasteiger partial charge in [-0.3, -0.25) is 4.79 Å². The molecule has 7 nitrogen and oxygen atoms in total. The fourth-order valence-corrected chi connectivity index (χ4v) is 3.14. The highest BCUT2D eigenvalue weighted by Gasteiger charge is 2.23. The largest absolute Gasteiger partial charge is 0.497 e. The summed E-state index contributed by atoms with van der Waals surface area (Å²) in [6.45, 7) is 0.934. The van der Waals surface area contributed by atoms with Crippen molar-refractivity contribution in [3.8, 4) is 5.75 Å². The molecule has 2 N–H and O–H groups in total. The quantitative estimate of drug-likeness (QED) is 0.701. The van der Waals surface area contributed by atoms with Gasteiger partial charge in [0, 0.05) is 19.7 Å². The molecule has 1 amide bonds. The van der Waals surface area contributed by atoms with E-state index in [1.807, 2.05) is 0 Å². The molecular weight excluding hydrogens is 308 g/mol. The number of hydrogen-bond donors (Lipinski definition) is 2. The van der Waals surface area contributed by atoms with Crippen LogP contribution in [-0.4, -0.2) is 47.2 Å². The van der Waals surface area contributed by atoms with Crippen LogP contribution in [0.3, 0.4) is 0 Å². The molecule has 1 aliphatic rings. The lowest BCUT2D eigenvalue weighted by molar-refractivity contribution is -0.129. The Hall–Kier alpha value is -1.64. The molecule has 1 atom stereocenters. The molecule has 0 bridgehead atoms. The minimum Gasteiger partial charge on any atom is -0.497 e. The van der Waals surface area contributed by atoms with Crippen molar-refractivity contribution in [3.05, 3.63) is 24.3 Å². The van der Waals surface area contributed by atoms with Crippen molar-refractivity contribution in [3.63, 3.8) is 0 Å². The molecule has 0 saturated carbocycles. The average Bonchev–Trinajstić information content (AvgIpc) is 3.06. The maximum absolute atomic E-state index is 12.0. The molecule has 1 aromatic carbocycles. The zero-order valence-electron chi connectivity index (χ0n) is 12.4. The van der Waals surface area contributed by atoms with Crippen LogP contribution in [0, 0.1) is 0 Å². The van der Waals surface area contributed by atoms with Crippen molar-refractivity contribution in [2.75, 3.05) is 26.8 Å². The third kappa shape index (κ3) is 4.43. The molecule has 1 saturated heterocycles. The summed E-state index contributed by atoms with van der Waals surface area (Å²) in [5.41, 5.74) is 0. The van der Waals surface area contributed by atoms with Crippen LogP contribution in [0.25, 0.3) is 0 Å². The minimum absolute atomic E-state index is 0.118. The number of nitrogens with one attached hydrogen (secondary N) is 2. The molecule has 22 heavy (non-hydrogen) atoms. The van der Waals surface area contributed by atoms with Crippen molar-refractivity contribution in [1.82, 2.24) is 10.0 Å². The lowest BCUT2D eigenvalue weighted by Crippen LogP contribution is -2.39. The summed E-state index contributed by atoms with van der Waals surface area (Å²) in [5, 5.41) is 2.66. The number of amides is 1. The SMILES string of the molecule is COc1ccc(S(=O)(=O)NCCNC(=O)C2CCCO2)cc1. The van der Waals surface area contributed by atoms with Crippen molar-refractivity contribution in [2.45, 2.75) is 23.8 Å². The van der Waals surface area contributed by atoms with Gasteiger partial charge < -0.3 is 14.8 Å². The Balaban J connectivity index is 1.78. The standard InChI is InChI=1S/C14H20N2O5S/c1-20-11-4-6-12(7-5-11)22(18,19)16-9-8-15-14(17)13-3-2-10-21-13/h4-7,13,16H,2-3,8-10H2,1H3,(H,15,17). The van der Waals surface area contributed by atoms with Crippen LogP contribution in [-0.2, 0) is 19.6 Å². The second kappa shape index (κ2) is 7.57. The predicted octanol–water partition coefficient (Wildman–Crippen LogP) is 0.269. The van der Waals surface area contributed by atoms with E-state index >= 15 is 0 Å². The van der Waals surface area contributed by atoms with E-state index in [0.29, 0.717) is 18.8 Å². The molecule has 0 spiro atoms. The normalized spacial score (nSPS) is 18.1. The second-order valence-corrected chi connectivity index (χ2v) is 6.63. The van der Waals surface area contributed by atoms with Gasteiger partial charge >= 0.3 is 0 Å². The van der Waals surface area contributed by atoms with Crippen LogP contribution in [0.15, 0.2) is 29.2 Å². The van der Waals surface area contributed by atoms with Crippen molar-refractivity contribution in [2.24, 2.45) is 0 Å². The fourth-order valence-electron chi connectivity index (χ4n) is 2.11. The summed E-state index contributed by atoms with van der Waals surface area (Å²) >= 11 is 0. The second-order valence-electron chi connectivity index (χ2n) is 4.87. The van der Waals surface area contributed by atoms with E-state index in [4.69, 9.17) is 9.47 Å². The highest BCUT2D eigenvalue weighted by Crippen LogP contribution is 2.15. The Bertz CT molecular complexity index is 594. The van der Waals surface area contributed by atoms with E-state index in [-0.39, 0.29) is 23.9 Å². The number of ether oxygens (including phenoxy) is 2. The van der Waals surface area contributed by atoms with E-state index in [1.54, 1.807) is 12.1 Å². The smallest absolute Gasteiger partial charge is 0.249 e. The van der Waals surface area contributed by atoms with Gasteiger partial charge in [-0.1, -0.05) is 0 Å². The predicted molar refractivity (Wildman–Crippen MR) is 80.2 cm³/mol. The first kappa shape index (κ1) is 16.7. The summed E-state index contributed by atoms with van der Waals surface area (Å²) in [7, 11) is -2.08. The summed E-state index contributed by atoms with van der Waals surface area (Å²) < 4.78 is 36.7.